The van der Waals surface area contributed by atoms with E-state index in [9.17, 15) is 9.59 Å². The molecule has 6 heteroatoms. The molecular weight excluding hydrogens is 304 g/mol. The second-order valence-corrected chi connectivity index (χ2v) is 6.79. The molecule has 0 aromatic heterocycles. The first kappa shape index (κ1) is 20.9. The Labute approximate surface area is 146 Å². The van der Waals surface area contributed by atoms with Crippen molar-refractivity contribution < 1.29 is 9.59 Å². The van der Waals surface area contributed by atoms with Crippen molar-refractivity contribution in [1.82, 2.24) is 10.2 Å². The maximum atomic E-state index is 12.1. The summed E-state index contributed by atoms with van der Waals surface area (Å²) in [6.07, 6.45) is 10.7. The molecule has 2 amide bonds. The van der Waals surface area contributed by atoms with E-state index >= 15 is 0 Å². The van der Waals surface area contributed by atoms with E-state index in [4.69, 9.17) is 11.5 Å². The van der Waals surface area contributed by atoms with Crippen LogP contribution in [-0.4, -0.2) is 48.9 Å². The summed E-state index contributed by atoms with van der Waals surface area (Å²) in [5.74, 6) is 0.220. The van der Waals surface area contributed by atoms with Gasteiger partial charge in [-0.25, -0.2) is 0 Å². The first-order chi connectivity index (χ1) is 11.6. The summed E-state index contributed by atoms with van der Waals surface area (Å²) in [4.78, 5) is 25.6. The second-order valence-electron chi connectivity index (χ2n) is 6.79. The lowest BCUT2D eigenvalue weighted by Crippen LogP contribution is -2.42. The molecule has 5 N–H and O–H groups in total. The molecule has 0 aromatic rings. The number of nitrogens with two attached hydrogens (primary N) is 2. The number of likely N-dealkylation sites (tertiary alicyclic amines) is 1. The Bertz CT molecular complexity index is 357. The highest BCUT2D eigenvalue weighted by Crippen LogP contribution is 2.11. The molecular formula is C18H36N4O2. The molecule has 0 unspecified atom stereocenters. The number of rotatable bonds is 13. The van der Waals surface area contributed by atoms with Crippen LogP contribution in [0.3, 0.4) is 0 Å². The average Bonchev–Trinajstić information content (AvgIpc) is 3.11. The molecule has 0 aromatic carbocycles. The zero-order valence-corrected chi connectivity index (χ0v) is 15.1. The zero-order valence-electron chi connectivity index (χ0n) is 15.1. The van der Waals surface area contributed by atoms with Crippen molar-refractivity contribution in [3.63, 3.8) is 0 Å². The topological polar surface area (TPSA) is 101 Å². The third kappa shape index (κ3) is 9.23. The quantitative estimate of drug-likeness (QED) is 0.442. The monoisotopic (exact) mass is 340 g/mol. The molecule has 1 aliphatic rings. The fraction of sp³-hybridized carbons (Fsp3) is 0.889. The summed E-state index contributed by atoms with van der Waals surface area (Å²) < 4.78 is 0. The van der Waals surface area contributed by atoms with Gasteiger partial charge in [0.2, 0.25) is 11.8 Å². The van der Waals surface area contributed by atoms with E-state index in [1.807, 2.05) is 4.90 Å². The number of hydrogen-bond acceptors (Lipinski definition) is 4. The van der Waals surface area contributed by atoms with Crippen molar-refractivity contribution in [2.24, 2.45) is 11.5 Å². The predicted octanol–water partition coefficient (Wildman–Crippen LogP) is 1.52. The summed E-state index contributed by atoms with van der Waals surface area (Å²) in [6.45, 7) is 3.15. The zero-order chi connectivity index (χ0) is 17.6. The molecule has 1 atom stereocenters. The van der Waals surface area contributed by atoms with E-state index in [0.717, 1.165) is 77.4 Å². The fourth-order valence-electron chi connectivity index (χ4n) is 3.06. The minimum absolute atomic E-state index is 0.0890. The summed E-state index contributed by atoms with van der Waals surface area (Å²) in [5.41, 5.74) is 11.4. The Morgan fingerprint density at radius 1 is 0.958 bits per heavy atom. The van der Waals surface area contributed by atoms with E-state index in [0.29, 0.717) is 19.4 Å². The molecule has 1 fully saturated rings. The van der Waals surface area contributed by atoms with Crippen molar-refractivity contribution in [1.29, 1.82) is 0 Å². The molecule has 0 bridgehead atoms. The van der Waals surface area contributed by atoms with Gasteiger partial charge in [0.05, 0.1) is 6.04 Å². The Morgan fingerprint density at radius 3 is 2.33 bits per heavy atom. The van der Waals surface area contributed by atoms with E-state index in [2.05, 4.69) is 5.32 Å². The van der Waals surface area contributed by atoms with Gasteiger partial charge in [-0.05, 0) is 51.5 Å². The lowest BCUT2D eigenvalue weighted by atomic mass is 10.1. The van der Waals surface area contributed by atoms with Crippen LogP contribution in [0.1, 0.15) is 70.6 Å². The van der Waals surface area contributed by atoms with Gasteiger partial charge in [-0.2, -0.15) is 0 Å². The maximum absolute atomic E-state index is 12.1. The molecule has 140 valence electrons. The highest BCUT2D eigenvalue weighted by atomic mass is 16.2. The SMILES string of the molecule is NCCCCCCCC(=O)NCCCC[C@H](N)C(=O)N1CCCC1. The highest BCUT2D eigenvalue weighted by Gasteiger charge is 2.22. The minimum atomic E-state index is -0.382. The Morgan fingerprint density at radius 2 is 1.62 bits per heavy atom. The van der Waals surface area contributed by atoms with Gasteiger partial charge in [-0.1, -0.05) is 19.3 Å². The summed E-state index contributed by atoms with van der Waals surface area (Å²) in [6, 6.07) is -0.382. The lowest BCUT2D eigenvalue weighted by Gasteiger charge is -2.20. The van der Waals surface area contributed by atoms with Gasteiger partial charge in [0.15, 0.2) is 0 Å². The Hall–Kier alpha value is -1.14. The molecule has 1 heterocycles. The average molecular weight is 341 g/mol. The van der Waals surface area contributed by atoms with Crippen LogP contribution in [0.15, 0.2) is 0 Å². The van der Waals surface area contributed by atoms with Crippen molar-refractivity contribution in [3.05, 3.63) is 0 Å². The smallest absolute Gasteiger partial charge is 0.239 e. The second kappa shape index (κ2) is 13.2. The number of hydrogen-bond donors (Lipinski definition) is 3. The highest BCUT2D eigenvalue weighted by molar-refractivity contribution is 5.81. The molecule has 24 heavy (non-hydrogen) atoms. The van der Waals surface area contributed by atoms with Crippen LogP contribution in [0, 0.1) is 0 Å². The van der Waals surface area contributed by atoms with Crippen LogP contribution in [0.25, 0.3) is 0 Å². The van der Waals surface area contributed by atoms with E-state index in [1.54, 1.807) is 0 Å². The molecule has 0 spiro atoms. The van der Waals surface area contributed by atoms with Crippen LogP contribution >= 0.6 is 0 Å². The fourth-order valence-corrected chi connectivity index (χ4v) is 3.06. The molecule has 0 radical (unpaired) electrons. The van der Waals surface area contributed by atoms with Gasteiger partial charge in [-0.3, -0.25) is 9.59 Å². The van der Waals surface area contributed by atoms with Gasteiger partial charge >= 0.3 is 0 Å². The third-order valence-electron chi connectivity index (χ3n) is 4.61. The molecule has 0 saturated carbocycles. The Balaban J connectivity index is 1.93. The van der Waals surface area contributed by atoms with Gasteiger partial charge in [0, 0.05) is 26.1 Å². The molecule has 1 rings (SSSR count). The van der Waals surface area contributed by atoms with E-state index < -0.39 is 0 Å². The van der Waals surface area contributed by atoms with Crippen LogP contribution in [0.5, 0.6) is 0 Å². The first-order valence-corrected chi connectivity index (χ1v) is 9.66. The largest absolute Gasteiger partial charge is 0.356 e. The third-order valence-corrected chi connectivity index (χ3v) is 4.61. The number of nitrogens with one attached hydrogen (secondary N) is 1. The number of carbonyl (C=O) groups is 2. The number of nitrogens with zero attached hydrogens (tertiary/aromatic N) is 1. The predicted molar refractivity (Wildman–Crippen MR) is 97.4 cm³/mol. The molecule has 6 nitrogen and oxygen atoms in total. The van der Waals surface area contributed by atoms with Gasteiger partial charge in [-0.15, -0.1) is 0 Å². The van der Waals surface area contributed by atoms with Crippen molar-refractivity contribution in [2.45, 2.75) is 76.7 Å². The minimum Gasteiger partial charge on any atom is -0.356 e. The molecule has 1 saturated heterocycles. The van der Waals surface area contributed by atoms with Crippen molar-refractivity contribution in [2.75, 3.05) is 26.2 Å². The van der Waals surface area contributed by atoms with Crippen LogP contribution in [0.2, 0.25) is 0 Å². The first-order valence-electron chi connectivity index (χ1n) is 9.66. The van der Waals surface area contributed by atoms with E-state index in [-0.39, 0.29) is 17.9 Å². The van der Waals surface area contributed by atoms with Crippen LogP contribution < -0.4 is 16.8 Å². The normalized spacial score (nSPS) is 15.5. The summed E-state index contributed by atoms with van der Waals surface area (Å²) in [7, 11) is 0. The summed E-state index contributed by atoms with van der Waals surface area (Å²) >= 11 is 0. The van der Waals surface area contributed by atoms with Gasteiger partial charge in [0.25, 0.3) is 0 Å². The number of unbranched alkanes of at least 4 members (excludes halogenated alkanes) is 5. The van der Waals surface area contributed by atoms with Gasteiger partial charge < -0.3 is 21.7 Å². The summed E-state index contributed by atoms with van der Waals surface area (Å²) in [5, 5.41) is 2.95. The van der Waals surface area contributed by atoms with Crippen LogP contribution in [0.4, 0.5) is 0 Å². The standard InChI is InChI=1S/C18H36N4O2/c19-12-6-3-1-2-4-11-17(23)21-13-7-5-10-16(20)18(24)22-14-8-9-15-22/h16H,1-15,19-20H2,(H,21,23)/t16-/m0/s1. The van der Waals surface area contributed by atoms with Crippen molar-refractivity contribution >= 4 is 11.8 Å². The molecule has 0 aliphatic carbocycles. The molecule has 1 aliphatic heterocycles. The van der Waals surface area contributed by atoms with Crippen molar-refractivity contribution in [3.8, 4) is 0 Å². The maximum Gasteiger partial charge on any atom is 0.239 e. The van der Waals surface area contributed by atoms with Crippen LogP contribution in [-0.2, 0) is 9.59 Å². The van der Waals surface area contributed by atoms with E-state index in [1.165, 1.54) is 0 Å². The van der Waals surface area contributed by atoms with Gasteiger partial charge in [0.1, 0.15) is 0 Å². The Kier molecular flexibility index (Phi) is 11.5. The number of carbonyl (C=O) groups excluding carboxylic acids is 2. The lowest BCUT2D eigenvalue weighted by molar-refractivity contribution is -0.131. The number of amides is 2.